The van der Waals surface area contributed by atoms with Crippen molar-refractivity contribution in [2.45, 2.75) is 37.0 Å². The van der Waals surface area contributed by atoms with Gasteiger partial charge < -0.3 is 28.2 Å². The van der Waals surface area contributed by atoms with Crippen molar-refractivity contribution in [2.24, 2.45) is 5.41 Å². The Labute approximate surface area is 222 Å². The average molecular weight is 495 g/mol. The summed E-state index contributed by atoms with van der Waals surface area (Å²) in [5, 5.41) is 0.387. The van der Waals surface area contributed by atoms with E-state index in [0.717, 1.165) is 24.3 Å². The molecule has 1 saturated heterocycles. The largest absolute Gasteiger partial charge is 0.609 e. The number of ether oxygens (including phenoxy) is 5. The van der Waals surface area contributed by atoms with E-state index in [4.69, 9.17) is 23.7 Å². The fraction of sp³-hybridized carbons (Fsp3) is 0.478. The first kappa shape index (κ1) is 24.2. The summed E-state index contributed by atoms with van der Waals surface area (Å²) in [5.41, 5.74) is 3.24. The molecule has 2 aromatic heterocycles. The summed E-state index contributed by atoms with van der Waals surface area (Å²) in [4.78, 5) is 12.1. The van der Waals surface area contributed by atoms with Crippen LogP contribution in [0, 0.1) is 12.3 Å². The number of fused-ring (bicyclic) bond motifs is 2. The Kier molecular flexibility index (Phi) is 7.00. The van der Waals surface area contributed by atoms with Crippen molar-refractivity contribution in [3.05, 3.63) is 35.7 Å². The van der Waals surface area contributed by atoms with Crippen LogP contribution in [-0.2, 0) is 26.4 Å². The maximum atomic E-state index is 13.1. The zero-order valence-electron chi connectivity index (χ0n) is 19.3. The molecule has 34 heavy (non-hydrogen) atoms. The van der Waals surface area contributed by atoms with Gasteiger partial charge in [0, 0.05) is 70.0 Å². The van der Waals surface area contributed by atoms with Crippen LogP contribution in [0.1, 0.15) is 24.1 Å². The van der Waals surface area contributed by atoms with Gasteiger partial charge in [-0.2, -0.15) is 4.98 Å². The number of hydrogen-bond acceptors (Lipinski definition) is 8. The average Bonchev–Trinajstić information content (AvgIpc) is 3.45. The van der Waals surface area contributed by atoms with E-state index in [0.29, 0.717) is 53.4 Å². The first-order valence-corrected chi connectivity index (χ1v) is 12.4. The van der Waals surface area contributed by atoms with Crippen molar-refractivity contribution >= 4 is 51.8 Å². The molecule has 11 heteroatoms. The molecule has 1 aromatic carbocycles. The fourth-order valence-electron chi connectivity index (χ4n) is 4.03. The van der Waals surface area contributed by atoms with Crippen molar-refractivity contribution in [1.82, 2.24) is 15.0 Å². The van der Waals surface area contributed by atoms with Crippen LogP contribution < -0.4 is 14.2 Å². The molecule has 0 amide bonds. The number of nitrogens with one attached hydrogen (secondary N) is 1. The van der Waals surface area contributed by atoms with E-state index in [1.54, 1.807) is 18.3 Å². The molecule has 3 aliphatic rings. The molecule has 4 heterocycles. The van der Waals surface area contributed by atoms with Crippen molar-refractivity contribution in [1.29, 1.82) is 0 Å². The molecule has 0 bridgehead atoms. The van der Waals surface area contributed by atoms with E-state index < -0.39 is 11.2 Å². The van der Waals surface area contributed by atoms with E-state index in [9.17, 15) is 4.55 Å². The van der Waals surface area contributed by atoms with Gasteiger partial charge in [0.05, 0.1) is 29.9 Å². The predicted octanol–water partition coefficient (Wildman–Crippen LogP) is 2.50. The third kappa shape index (κ3) is 4.90. The molecule has 1 N–H and O–H groups in total. The van der Waals surface area contributed by atoms with Crippen LogP contribution in [0.3, 0.4) is 0 Å². The van der Waals surface area contributed by atoms with Crippen LogP contribution in [-0.4, -0.2) is 88.4 Å². The Balaban J connectivity index is 0.00000241. The molecule has 1 aliphatic carbocycles. The van der Waals surface area contributed by atoms with Gasteiger partial charge in [-0.15, -0.1) is 0 Å². The molecule has 1 saturated carbocycles. The number of rotatable bonds is 6. The van der Waals surface area contributed by atoms with E-state index >= 15 is 0 Å². The Bertz CT molecular complexity index is 1130. The maximum absolute atomic E-state index is 13.1. The summed E-state index contributed by atoms with van der Waals surface area (Å²) < 4.78 is 41.8. The summed E-state index contributed by atoms with van der Waals surface area (Å²) in [6.07, 6.45) is 3.66. The maximum Gasteiger partial charge on any atom is 0.322 e. The Morgan fingerprint density at radius 1 is 1.18 bits per heavy atom. The molecular formula is C23H25N3NaO6S. The van der Waals surface area contributed by atoms with E-state index in [2.05, 4.69) is 15.0 Å². The standard InChI is InChI=1S/C23H25N3O6S.Na/c1-14-17(24-5-2-18(14)30-10-21-31-12-23(3-4-23)13-32-21)11-33(27)22-25-15-8-19-20(9-16(15)26-22)29-7-6-28-19;/h2,5,8-9,21H,3-4,6-7,10-13H2,1H3,(H,25,26);. The van der Waals surface area contributed by atoms with Gasteiger partial charge in [-0.05, 0) is 25.8 Å². The Hall–Kier alpha value is -1.53. The molecule has 1 spiro atoms. The number of imidazole rings is 1. The van der Waals surface area contributed by atoms with Crippen molar-refractivity contribution in [3.63, 3.8) is 0 Å². The molecule has 2 aliphatic heterocycles. The van der Waals surface area contributed by atoms with Gasteiger partial charge in [-0.3, -0.25) is 9.97 Å². The predicted molar refractivity (Wildman–Crippen MR) is 125 cm³/mol. The van der Waals surface area contributed by atoms with Crippen LogP contribution in [0.25, 0.3) is 11.0 Å². The first-order chi connectivity index (χ1) is 16.1. The Morgan fingerprint density at radius 3 is 2.65 bits per heavy atom. The number of H-pyrrole nitrogens is 1. The summed E-state index contributed by atoms with van der Waals surface area (Å²) >= 11 is -1.41. The molecule has 2 fully saturated rings. The number of aromatic amines is 1. The number of pyridine rings is 1. The van der Waals surface area contributed by atoms with E-state index in [1.165, 1.54) is 12.8 Å². The van der Waals surface area contributed by atoms with E-state index in [-0.39, 0.29) is 47.0 Å². The van der Waals surface area contributed by atoms with Crippen LogP contribution in [0.5, 0.6) is 17.2 Å². The molecule has 1 unspecified atom stereocenters. The molecule has 175 valence electrons. The van der Waals surface area contributed by atoms with E-state index in [1.807, 2.05) is 13.0 Å². The second-order valence-corrected chi connectivity index (χ2v) is 10.2. The van der Waals surface area contributed by atoms with Crippen LogP contribution >= 0.6 is 0 Å². The number of benzene rings is 1. The monoisotopic (exact) mass is 494 g/mol. The number of nitrogens with zero attached hydrogens (tertiary/aromatic N) is 2. The zero-order chi connectivity index (χ0) is 22.4. The van der Waals surface area contributed by atoms with Gasteiger partial charge in [-0.25, -0.2) is 0 Å². The SMILES string of the molecule is Cc1c(OCC2OCC3(CC3)CO2)ccnc1C[S+]([O-])c1nc2cc3c(cc2[nH]1)OCCO3.[Na]. The van der Waals surface area contributed by atoms with Crippen LogP contribution in [0.2, 0.25) is 0 Å². The minimum Gasteiger partial charge on any atom is -0.609 e. The quantitative estimate of drug-likeness (QED) is 0.411. The fourth-order valence-corrected chi connectivity index (χ4v) is 5.13. The summed E-state index contributed by atoms with van der Waals surface area (Å²) in [6.45, 7) is 4.71. The zero-order valence-corrected chi connectivity index (χ0v) is 22.1. The van der Waals surface area contributed by atoms with Crippen LogP contribution in [0.15, 0.2) is 29.6 Å². The van der Waals surface area contributed by atoms with Gasteiger partial charge in [0.15, 0.2) is 23.5 Å². The minimum atomic E-state index is -1.41. The topological polar surface area (TPSA) is 111 Å². The number of hydrogen-bond donors (Lipinski definition) is 1. The first-order valence-electron chi connectivity index (χ1n) is 11.1. The molecule has 9 nitrogen and oxygen atoms in total. The van der Waals surface area contributed by atoms with Crippen molar-refractivity contribution in [2.75, 3.05) is 33.0 Å². The molecular weight excluding hydrogens is 469 g/mol. The summed E-state index contributed by atoms with van der Waals surface area (Å²) in [5.74, 6) is 2.21. The summed E-state index contributed by atoms with van der Waals surface area (Å²) in [6, 6.07) is 5.44. The summed E-state index contributed by atoms with van der Waals surface area (Å²) in [7, 11) is 0. The van der Waals surface area contributed by atoms with Gasteiger partial charge in [0.25, 0.3) is 0 Å². The number of aromatic nitrogens is 3. The molecule has 3 aromatic rings. The molecule has 6 rings (SSSR count). The van der Waals surface area contributed by atoms with Gasteiger partial charge in [-0.1, -0.05) is 0 Å². The second kappa shape index (κ2) is 9.85. The molecule has 1 atom stereocenters. The second-order valence-electron chi connectivity index (χ2n) is 8.79. The van der Waals surface area contributed by atoms with Gasteiger partial charge >= 0.3 is 5.16 Å². The van der Waals surface area contributed by atoms with Crippen molar-refractivity contribution in [3.8, 4) is 17.2 Å². The third-order valence-electron chi connectivity index (χ3n) is 6.35. The van der Waals surface area contributed by atoms with Crippen molar-refractivity contribution < 1.29 is 28.2 Å². The van der Waals surface area contributed by atoms with Crippen LogP contribution in [0.4, 0.5) is 0 Å². The van der Waals surface area contributed by atoms with Gasteiger partial charge in [0.1, 0.15) is 25.6 Å². The van der Waals surface area contributed by atoms with Gasteiger partial charge in [0.2, 0.25) is 0 Å². The smallest absolute Gasteiger partial charge is 0.322 e. The normalized spacial score (nSPS) is 19.6. The Morgan fingerprint density at radius 2 is 1.91 bits per heavy atom. The third-order valence-corrected chi connectivity index (χ3v) is 7.51. The minimum absolute atomic E-state index is 0. The molecule has 1 radical (unpaired) electrons.